The van der Waals surface area contributed by atoms with Crippen molar-refractivity contribution in [3.8, 4) is 5.75 Å². The van der Waals surface area contributed by atoms with Gasteiger partial charge in [-0.2, -0.15) is 4.31 Å². The summed E-state index contributed by atoms with van der Waals surface area (Å²) < 4.78 is 31.7. The van der Waals surface area contributed by atoms with E-state index in [1.807, 2.05) is 4.90 Å². The first-order valence-corrected chi connectivity index (χ1v) is 11.0. The van der Waals surface area contributed by atoms with E-state index < -0.39 is 10.0 Å². The smallest absolute Gasteiger partial charge is 0.251 e. The minimum absolute atomic E-state index is 0.00225. The van der Waals surface area contributed by atoms with Crippen LogP contribution in [-0.4, -0.2) is 74.2 Å². The van der Waals surface area contributed by atoms with Gasteiger partial charge in [0.2, 0.25) is 16.0 Å². The zero-order valence-corrected chi connectivity index (χ0v) is 17.1. The monoisotopic (exact) mass is 419 g/mol. The molecular formula is C19H25N5O4S. The average Bonchev–Trinajstić information content (AvgIpc) is 2.77. The molecule has 0 unspecified atom stereocenters. The molecule has 0 radical (unpaired) electrons. The predicted octanol–water partition coefficient (Wildman–Crippen LogP) is 0.757. The quantitative estimate of drug-likeness (QED) is 0.630. The number of aromatic nitrogens is 2. The normalized spacial score (nSPS) is 15.1. The van der Waals surface area contributed by atoms with Crippen LogP contribution in [0.1, 0.15) is 16.8 Å². The number of rotatable bonds is 8. The summed E-state index contributed by atoms with van der Waals surface area (Å²) in [6.07, 6.45) is 3.70. The lowest BCUT2D eigenvalue weighted by Gasteiger charge is -2.33. The average molecular weight is 420 g/mol. The minimum Gasteiger partial charge on any atom is -0.497 e. The highest BCUT2D eigenvalue weighted by Gasteiger charge is 2.27. The van der Waals surface area contributed by atoms with Crippen LogP contribution in [-0.2, 0) is 10.0 Å². The Kier molecular flexibility index (Phi) is 6.99. The molecule has 1 aliphatic rings. The maximum atomic E-state index is 12.6. The SMILES string of the molecule is COc1ccc(C(=O)NCCCS(=O)(=O)N2CCN(c3ncccn3)CC2)cc1. The van der Waals surface area contributed by atoms with Gasteiger partial charge >= 0.3 is 0 Å². The molecule has 29 heavy (non-hydrogen) atoms. The van der Waals surface area contributed by atoms with Gasteiger partial charge in [-0.15, -0.1) is 0 Å². The molecule has 1 fully saturated rings. The molecule has 1 N–H and O–H groups in total. The van der Waals surface area contributed by atoms with Gasteiger partial charge in [0.25, 0.3) is 5.91 Å². The van der Waals surface area contributed by atoms with Crippen LogP contribution in [0.4, 0.5) is 5.95 Å². The topological polar surface area (TPSA) is 105 Å². The van der Waals surface area contributed by atoms with E-state index in [0.29, 0.717) is 56.4 Å². The Hall–Kier alpha value is -2.72. The zero-order valence-electron chi connectivity index (χ0n) is 16.3. The largest absolute Gasteiger partial charge is 0.497 e. The summed E-state index contributed by atoms with van der Waals surface area (Å²) in [6.45, 7) is 2.20. The first-order chi connectivity index (χ1) is 14.0. The van der Waals surface area contributed by atoms with Crippen molar-refractivity contribution in [3.05, 3.63) is 48.3 Å². The van der Waals surface area contributed by atoms with Crippen LogP contribution in [0.3, 0.4) is 0 Å². The van der Waals surface area contributed by atoms with E-state index in [9.17, 15) is 13.2 Å². The van der Waals surface area contributed by atoms with Crippen LogP contribution in [0.15, 0.2) is 42.7 Å². The number of ether oxygens (including phenoxy) is 1. The standard InChI is InChI=1S/C19H25N5O4S/c1-28-17-6-4-16(5-7-17)18(25)20-10-3-15-29(26,27)24-13-11-23(12-14-24)19-21-8-2-9-22-19/h2,4-9H,3,10-15H2,1H3,(H,20,25). The Morgan fingerprint density at radius 3 is 2.38 bits per heavy atom. The number of amides is 1. The van der Waals surface area contributed by atoms with Crippen molar-refractivity contribution in [2.45, 2.75) is 6.42 Å². The minimum atomic E-state index is -3.36. The van der Waals surface area contributed by atoms with Gasteiger partial charge in [0.05, 0.1) is 12.9 Å². The molecular weight excluding hydrogens is 394 g/mol. The van der Waals surface area contributed by atoms with E-state index >= 15 is 0 Å². The maximum absolute atomic E-state index is 12.6. The number of carbonyl (C=O) groups is 1. The molecule has 1 aliphatic heterocycles. The van der Waals surface area contributed by atoms with Crippen LogP contribution in [0.2, 0.25) is 0 Å². The highest BCUT2D eigenvalue weighted by molar-refractivity contribution is 7.89. The third-order valence-corrected chi connectivity index (χ3v) is 6.64. The lowest BCUT2D eigenvalue weighted by atomic mass is 10.2. The summed E-state index contributed by atoms with van der Waals surface area (Å²) in [6, 6.07) is 8.50. The van der Waals surface area contributed by atoms with Gasteiger partial charge < -0.3 is 15.0 Å². The van der Waals surface area contributed by atoms with E-state index in [4.69, 9.17) is 4.74 Å². The van der Waals surface area contributed by atoms with Crippen molar-refractivity contribution in [2.24, 2.45) is 0 Å². The first-order valence-electron chi connectivity index (χ1n) is 9.41. The third-order valence-electron chi connectivity index (χ3n) is 4.68. The zero-order chi connectivity index (χ0) is 20.7. The molecule has 1 saturated heterocycles. The highest BCUT2D eigenvalue weighted by Crippen LogP contribution is 2.14. The number of nitrogens with zero attached hydrogens (tertiary/aromatic N) is 4. The predicted molar refractivity (Wildman–Crippen MR) is 110 cm³/mol. The molecule has 0 atom stereocenters. The molecule has 0 aliphatic carbocycles. The summed E-state index contributed by atoms with van der Waals surface area (Å²) in [5.74, 6) is 1.05. The number of piperazine rings is 1. The number of carbonyl (C=O) groups excluding carboxylic acids is 1. The molecule has 1 aromatic carbocycles. The number of methoxy groups -OCH3 is 1. The van der Waals surface area contributed by atoms with Crippen molar-refractivity contribution in [1.29, 1.82) is 0 Å². The molecule has 0 bridgehead atoms. The number of hydrogen-bond acceptors (Lipinski definition) is 7. The number of benzene rings is 1. The summed E-state index contributed by atoms with van der Waals surface area (Å²) >= 11 is 0. The molecule has 3 rings (SSSR count). The number of hydrogen-bond donors (Lipinski definition) is 1. The fourth-order valence-electron chi connectivity index (χ4n) is 3.05. The first kappa shape index (κ1) is 21.0. The Morgan fingerprint density at radius 2 is 1.76 bits per heavy atom. The van der Waals surface area contributed by atoms with Crippen LogP contribution in [0.5, 0.6) is 5.75 Å². The van der Waals surface area contributed by atoms with E-state index in [1.165, 1.54) is 4.31 Å². The molecule has 10 heteroatoms. The summed E-state index contributed by atoms with van der Waals surface area (Å²) in [5.41, 5.74) is 0.507. The molecule has 2 aromatic rings. The van der Waals surface area contributed by atoms with Crippen molar-refractivity contribution >= 4 is 21.9 Å². The highest BCUT2D eigenvalue weighted by atomic mass is 32.2. The molecule has 0 spiro atoms. The van der Waals surface area contributed by atoms with Crippen molar-refractivity contribution in [3.63, 3.8) is 0 Å². The van der Waals surface area contributed by atoms with Gasteiger partial charge in [-0.1, -0.05) is 0 Å². The Labute approximate surface area is 170 Å². The molecule has 1 aromatic heterocycles. The fourth-order valence-corrected chi connectivity index (χ4v) is 4.54. The van der Waals surface area contributed by atoms with Crippen molar-refractivity contribution < 1.29 is 17.9 Å². The van der Waals surface area contributed by atoms with Crippen LogP contribution >= 0.6 is 0 Å². The Bertz CT molecular complexity index is 898. The van der Waals surface area contributed by atoms with E-state index in [-0.39, 0.29) is 11.7 Å². The molecule has 156 valence electrons. The fraction of sp³-hybridized carbons (Fsp3) is 0.421. The molecule has 0 saturated carbocycles. The van der Waals surface area contributed by atoms with E-state index in [1.54, 1.807) is 49.8 Å². The second-order valence-corrected chi connectivity index (χ2v) is 8.68. The molecule has 9 nitrogen and oxygen atoms in total. The van der Waals surface area contributed by atoms with Crippen LogP contribution in [0, 0.1) is 0 Å². The maximum Gasteiger partial charge on any atom is 0.251 e. The third kappa shape index (κ3) is 5.64. The van der Waals surface area contributed by atoms with Gasteiger partial charge in [-0.05, 0) is 36.8 Å². The second-order valence-electron chi connectivity index (χ2n) is 6.59. The van der Waals surface area contributed by atoms with Crippen molar-refractivity contribution in [1.82, 2.24) is 19.6 Å². The van der Waals surface area contributed by atoms with E-state index in [2.05, 4.69) is 15.3 Å². The van der Waals surface area contributed by atoms with Gasteiger partial charge in [-0.3, -0.25) is 4.79 Å². The van der Waals surface area contributed by atoms with E-state index in [0.717, 1.165) is 0 Å². The summed E-state index contributed by atoms with van der Waals surface area (Å²) in [4.78, 5) is 22.5. The summed E-state index contributed by atoms with van der Waals surface area (Å²) in [5, 5.41) is 2.75. The Morgan fingerprint density at radius 1 is 1.10 bits per heavy atom. The van der Waals surface area contributed by atoms with Crippen molar-refractivity contribution in [2.75, 3.05) is 50.5 Å². The summed E-state index contributed by atoms with van der Waals surface area (Å²) in [7, 11) is -1.80. The number of nitrogens with one attached hydrogen (secondary N) is 1. The molecule has 1 amide bonds. The lowest BCUT2D eigenvalue weighted by molar-refractivity contribution is 0.0953. The van der Waals surface area contributed by atoms with Crippen LogP contribution < -0.4 is 15.0 Å². The number of anilines is 1. The molecule has 2 heterocycles. The number of sulfonamides is 1. The second kappa shape index (κ2) is 9.66. The van der Waals surface area contributed by atoms with Crippen LogP contribution in [0.25, 0.3) is 0 Å². The van der Waals surface area contributed by atoms with Gasteiger partial charge in [-0.25, -0.2) is 18.4 Å². The lowest BCUT2D eigenvalue weighted by Crippen LogP contribution is -2.49. The Balaban J connectivity index is 1.41. The van der Waals surface area contributed by atoms with Gasteiger partial charge in [0.15, 0.2) is 0 Å². The van der Waals surface area contributed by atoms with Gasteiger partial charge in [0, 0.05) is 50.7 Å². The van der Waals surface area contributed by atoms with Gasteiger partial charge in [0.1, 0.15) is 5.75 Å².